The van der Waals surface area contributed by atoms with E-state index in [1.165, 1.54) is 57.0 Å². The minimum atomic E-state index is 0.172. The van der Waals surface area contributed by atoms with Crippen molar-refractivity contribution >= 4 is 43.6 Å². The van der Waals surface area contributed by atoms with Gasteiger partial charge in [-0.05, 0) is 81.3 Å². The average Bonchev–Trinajstić information content (AvgIpc) is 3.87. The van der Waals surface area contributed by atoms with Crippen LogP contribution in [-0.2, 0) is 10.8 Å². The lowest BCUT2D eigenvalue weighted by Gasteiger charge is -2.42. The lowest BCUT2D eigenvalue weighted by Crippen LogP contribution is -2.33. The topological polar surface area (TPSA) is 48.5 Å². The summed E-state index contributed by atoms with van der Waals surface area (Å²) in [7, 11) is 0. The van der Waals surface area contributed by atoms with Crippen molar-refractivity contribution in [2.75, 3.05) is 0 Å². The molecule has 11 aromatic rings. The first-order valence-corrected chi connectivity index (χ1v) is 22.4. The van der Waals surface area contributed by atoms with E-state index in [4.69, 9.17) is 15.0 Å². The van der Waals surface area contributed by atoms with Gasteiger partial charge in [0.25, 0.3) is 0 Å². The van der Waals surface area contributed by atoms with Crippen LogP contribution in [0.5, 0.6) is 0 Å². The number of hydrogen-bond acceptors (Lipinski definition) is 3. The van der Waals surface area contributed by atoms with Crippen LogP contribution in [0.15, 0.2) is 188 Å². The van der Waals surface area contributed by atoms with Crippen molar-refractivity contribution in [1.29, 1.82) is 0 Å². The molecular formula is C59H47N5. The van der Waals surface area contributed by atoms with E-state index in [-0.39, 0.29) is 10.8 Å². The zero-order valence-electron chi connectivity index (χ0n) is 36.5. The van der Waals surface area contributed by atoms with Gasteiger partial charge in [0.1, 0.15) is 0 Å². The first kappa shape index (κ1) is 38.1. The van der Waals surface area contributed by atoms with Gasteiger partial charge in [-0.3, -0.25) is 4.57 Å². The molecule has 0 amide bonds. The Bertz CT molecular complexity index is 3520. The van der Waals surface area contributed by atoms with Gasteiger partial charge in [-0.25, -0.2) is 4.98 Å². The molecule has 0 unspecified atom stereocenters. The second-order valence-corrected chi connectivity index (χ2v) is 18.7. The summed E-state index contributed by atoms with van der Waals surface area (Å²) in [6, 6.07) is 67.6. The van der Waals surface area contributed by atoms with Crippen LogP contribution in [0.3, 0.4) is 0 Å². The molecule has 64 heavy (non-hydrogen) atoms. The van der Waals surface area contributed by atoms with Crippen molar-refractivity contribution in [3.05, 3.63) is 199 Å². The van der Waals surface area contributed by atoms with Gasteiger partial charge >= 0.3 is 0 Å². The van der Waals surface area contributed by atoms with Gasteiger partial charge in [0.2, 0.25) is 5.95 Å². The number of fused-ring (bicyclic) bond motifs is 8. The fourth-order valence-corrected chi connectivity index (χ4v) is 10.3. The summed E-state index contributed by atoms with van der Waals surface area (Å²) in [4.78, 5) is 15.6. The van der Waals surface area contributed by atoms with Gasteiger partial charge in [0, 0.05) is 38.4 Å². The maximum Gasteiger partial charge on any atom is 0.238 e. The molecule has 0 fully saturated rings. The molecule has 0 atom stereocenters. The van der Waals surface area contributed by atoms with Gasteiger partial charge in [0.05, 0.1) is 22.1 Å². The van der Waals surface area contributed by atoms with Crippen molar-refractivity contribution in [1.82, 2.24) is 24.1 Å². The van der Waals surface area contributed by atoms with E-state index in [9.17, 15) is 0 Å². The Morgan fingerprint density at radius 3 is 1.36 bits per heavy atom. The molecule has 12 rings (SSSR count). The molecule has 5 nitrogen and oxygen atoms in total. The van der Waals surface area contributed by atoms with Crippen LogP contribution >= 0.6 is 0 Å². The number of para-hydroxylation sites is 2. The van der Waals surface area contributed by atoms with Gasteiger partial charge < -0.3 is 4.57 Å². The Morgan fingerprint density at radius 2 is 0.797 bits per heavy atom. The van der Waals surface area contributed by atoms with Crippen LogP contribution in [-0.4, -0.2) is 24.1 Å². The Balaban J connectivity index is 1.02. The molecule has 0 N–H and O–H groups in total. The lowest BCUT2D eigenvalue weighted by molar-refractivity contribution is 0.332. The number of rotatable bonds is 6. The van der Waals surface area contributed by atoms with Crippen LogP contribution in [0, 0.1) is 0 Å². The molecule has 5 heteroatoms. The molecule has 1 aliphatic carbocycles. The summed E-state index contributed by atoms with van der Waals surface area (Å²) in [5.74, 6) is 1.83. The van der Waals surface area contributed by atoms with Gasteiger partial charge in [-0.1, -0.05) is 191 Å². The Hall–Kier alpha value is -7.63. The molecule has 8 aromatic carbocycles. The lowest BCUT2D eigenvalue weighted by atomic mass is 9.63. The molecule has 0 radical (unpaired) electrons. The first-order chi connectivity index (χ1) is 31.2. The number of nitrogens with zero attached hydrogens (tertiary/aromatic N) is 5. The van der Waals surface area contributed by atoms with E-state index in [1.54, 1.807) is 0 Å². The Morgan fingerprint density at radius 1 is 0.359 bits per heavy atom. The van der Waals surface area contributed by atoms with Gasteiger partial charge in [0.15, 0.2) is 11.6 Å². The molecular weight excluding hydrogens is 779 g/mol. The van der Waals surface area contributed by atoms with Crippen LogP contribution in [0.2, 0.25) is 0 Å². The largest absolute Gasteiger partial charge is 0.307 e. The molecule has 0 aliphatic heterocycles. The predicted octanol–water partition coefficient (Wildman–Crippen LogP) is 15.1. The normalized spacial score (nSPS) is 14.4. The standard InChI is InChI=1S/C59H47N5/c1-58(2)35-36-59(3,4)50-37-43(29-34-49(50)58)40-25-23-38(24-26-40)39-27-30-44(31-28-39)63-51-21-13-11-19-45(51)47-32-33-48-46-20-12-14-22-52(46)64(54(48)53(47)63)57-61-55(41-15-7-5-8-16-41)60-56(62-57)42-17-9-6-10-18-42/h5-34,37H,35-36H2,1-4H3. The summed E-state index contributed by atoms with van der Waals surface area (Å²) in [5.41, 5.74) is 15.5. The van der Waals surface area contributed by atoms with Crippen molar-refractivity contribution in [2.45, 2.75) is 51.4 Å². The maximum atomic E-state index is 5.27. The molecule has 0 saturated heterocycles. The van der Waals surface area contributed by atoms with Gasteiger partial charge in [-0.15, -0.1) is 0 Å². The van der Waals surface area contributed by atoms with Crippen molar-refractivity contribution in [3.63, 3.8) is 0 Å². The van der Waals surface area contributed by atoms with Gasteiger partial charge in [-0.2, -0.15) is 9.97 Å². The third kappa shape index (κ3) is 6.10. The summed E-state index contributed by atoms with van der Waals surface area (Å²) in [6.45, 7) is 9.58. The smallest absolute Gasteiger partial charge is 0.238 e. The first-order valence-electron chi connectivity index (χ1n) is 22.4. The molecule has 0 saturated carbocycles. The molecule has 3 heterocycles. The third-order valence-corrected chi connectivity index (χ3v) is 13.9. The number of hydrogen-bond donors (Lipinski definition) is 0. The molecule has 3 aromatic heterocycles. The minimum Gasteiger partial charge on any atom is -0.307 e. The van der Waals surface area contributed by atoms with E-state index in [1.807, 2.05) is 36.4 Å². The summed E-state index contributed by atoms with van der Waals surface area (Å²) >= 11 is 0. The maximum absolute atomic E-state index is 5.27. The van der Waals surface area contributed by atoms with Crippen molar-refractivity contribution < 1.29 is 0 Å². The second kappa shape index (κ2) is 14.5. The van der Waals surface area contributed by atoms with E-state index in [2.05, 4.69) is 188 Å². The van der Waals surface area contributed by atoms with Crippen LogP contribution in [0.4, 0.5) is 0 Å². The molecule has 0 bridgehead atoms. The number of aromatic nitrogens is 5. The van der Waals surface area contributed by atoms with Crippen molar-refractivity contribution in [2.24, 2.45) is 0 Å². The summed E-state index contributed by atoms with van der Waals surface area (Å²) < 4.78 is 4.68. The van der Waals surface area contributed by atoms with E-state index in [0.717, 1.165) is 49.7 Å². The Kier molecular flexibility index (Phi) is 8.61. The minimum absolute atomic E-state index is 0.172. The Labute approximate surface area is 373 Å². The van der Waals surface area contributed by atoms with E-state index in [0.29, 0.717) is 17.6 Å². The quantitative estimate of drug-likeness (QED) is 0.168. The van der Waals surface area contributed by atoms with Crippen LogP contribution in [0.1, 0.15) is 51.7 Å². The SMILES string of the molecule is CC1(C)CCC(C)(C)c2cc(-c3ccc(-c4ccc(-n5c6ccccc6c6ccc7c8ccccc8n(-c8nc(-c9ccccc9)nc(-c9ccccc9)n8)c7c65)cc4)cc3)ccc21. The summed E-state index contributed by atoms with van der Waals surface area (Å²) in [6.07, 6.45) is 2.43. The summed E-state index contributed by atoms with van der Waals surface area (Å²) in [5, 5.41) is 4.64. The highest BCUT2D eigenvalue weighted by Gasteiger charge is 2.37. The molecule has 0 spiro atoms. The zero-order chi connectivity index (χ0) is 43.2. The highest BCUT2D eigenvalue weighted by Crippen LogP contribution is 2.47. The zero-order valence-corrected chi connectivity index (χ0v) is 36.5. The fraction of sp³-hybridized carbons (Fsp3) is 0.136. The predicted molar refractivity (Wildman–Crippen MR) is 266 cm³/mol. The van der Waals surface area contributed by atoms with Crippen LogP contribution in [0.25, 0.3) is 100 Å². The average molecular weight is 826 g/mol. The third-order valence-electron chi connectivity index (χ3n) is 13.9. The molecule has 1 aliphatic rings. The monoisotopic (exact) mass is 825 g/mol. The highest BCUT2D eigenvalue weighted by molar-refractivity contribution is 6.23. The van der Waals surface area contributed by atoms with Crippen molar-refractivity contribution in [3.8, 4) is 56.7 Å². The van der Waals surface area contributed by atoms with E-state index < -0.39 is 0 Å². The second-order valence-electron chi connectivity index (χ2n) is 18.7. The van der Waals surface area contributed by atoms with E-state index >= 15 is 0 Å². The number of benzene rings is 8. The molecule has 308 valence electrons. The fourth-order valence-electron chi connectivity index (χ4n) is 10.3. The highest BCUT2D eigenvalue weighted by atomic mass is 15.2. The van der Waals surface area contributed by atoms with Crippen LogP contribution < -0.4 is 0 Å².